The first-order valence-corrected chi connectivity index (χ1v) is 4.01. The third-order valence-corrected chi connectivity index (χ3v) is 2.18. The molecule has 1 rings (SSSR count). The fourth-order valence-corrected chi connectivity index (χ4v) is 1.20. The van der Waals surface area contributed by atoms with E-state index in [1.165, 1.54) is 13.2 Å². The average Bonchev–Trinajstić information content (AvgIpc) is 2.09. The van der Waals surface area contributed by atoms with Crippen molar-refractivity contribution in [3.8, 4) is 5.75 Å². The van der Waals surface area contributed by atoms with Crippen LogP contribution in [0.1, 0.15) is 15.9 Å². The summed E-state index contributed by atoms with van der Waals surface area (Å²) in [6.07, 6.45) is 0. The van der Waals surface area contributed by atoms with Crippen LogP contribution in [0.3, 0.4) is 0 Å². The van der Waals surface area contributed by atoms with Gasteiger partial charge in [0.1, 0.15) is 5.75 Å². The first-order chi connectivity index (χ1) is 6.06. The summed E-state index contributed by atoms with van der Waals surface area (Å²) < 4.78 is 4.89. The molecule has 0 unspecified atom stereocenters. The van der Waals surface area contributed by atoms with Crippen LogP contribution in [0, 0.1) is 6.92 Å². The molecule has 0 aliphatic heterocycles. The summed E-state index contributed by atoms with van der Waals surface area (Å²) in [5, 5.41) is 9.20. The van der Waals surface area contributed by atoms with Crippen molar-refractivity contribution in [2.45, 2.75) is 6.92 Å². The summed E-state index contributed by atoms with van der Waals surface area (Å²) >= 11 is 5.80. The van der Waals surface area contributed by atoms with Crippen LogP contribution in [0.25, 0.3) is 0 Å². The predicted octanol–water partition coefficient (Wildman–Crippen LogP) is 2.36. The Morgan fingerprint density at radius 2 is 2.15 bits per heavy atom. The van der Waals surface area contributed by atoms with Gasteiger partial charge in [-0.15, -0.1) is 0 Å². The topological polar surface area (TPSA) is 46.5 Å². The Labute approximate surface area is 80.9 Å². The lowest BCUT2D eigenvalue weighted by Crippen LogP contribution is -2.00. The van der Waals surface area contributed by atoms with Gasteiger partial charge in [-0.3, -0.25) is 0 Å². The summed E-state index contributed by atoms with van der Waals surface area (Å²) in [4.78, 5) is 10.7. The number of carbonyl (C=O) groups is 1. The van der Waals surface area contributed by atoms with Crippen molar-refractivity contribution in [2.24, 2.45) is 0 Å². The van der Waals surface area contributed by atoms with Crippen LogP contribution in [-0.2, 0) is 0 Å². The maximum Gasteiger partial charge on any atom is 0.336 e. The quantitative estimate of drug-likeness (QED) is 0.797. The van der Waals surface area contributed by atoms with Crippen LogP contribution in [0.4, 0.5) is 0 Å². The van der Waals surface area contributed by atoms with Gasteiger partial charge in [0.05, 0.1) is 12.7 Å². The molecule has 0 fully saturated rings. The third kappa shape index (κ3) is 1.92. The second kappa shape index (κ2) is 3.66. The summed E-state index contributed by atoms with van der Waals surface area (Å²) in [7, 11) is 1.46. The number of aromatic carboxylic acids is 1. The number of hydrogen-bond donors (Lipinski definition) is 1. The van der Waals surface area contributed by atoms with E-state index < -0.39 is 5.97 Å². The van der Waals surface area contributed by atoms with Crippen LogP contribution < -0.4 is 4.74 Å². The van der Waals surface area contributed by atoms with Gasteiger partial charge in [-0.2, -0.15) is 0 Å². The number of rotatable bonds is 2. The number of ether oxygens (including phenoxy) is 1. The molecule has 0 aliphatic carbocycles. The first-order valence-electron chi connectivity index (χ1n) is 3.63. The summed E-state index contributed by atoms with van der Waals surface area (Å²) in [5.74, 6) is -0.550. The highest BCUT2D eigenvalue weighted by Crippen LogP contribution is 2.25. The first kappa shape index (κ1) is 9.86. The Balaban J connectivity index is 3.33. The van der Waals surface area contributed by atoms with Crippen LogP contribution in [0.2, 0.25) is 5.02 Å². The molecule has 70 valence electrons. The van der Waals surface area contributed by atoms with E-state index in [-0.39, 0.29) is 5.56 Å². The molecule has 0 radical (unpaired) electrons. The van der Waals surface area contributed by atoms with Crippen molar-refractivity contribution >= 4 is 17.6 Å². The third-order valence-electron chi connectivity index (χ3n) is 1.78. The Morgan fingerprint density at radius 3 is 2.62 bits per heavy atom. The summed E-state index contributed by atoms with van der Waals surface area (Å²) in [5.41, 5.74) is 0.722. The van der Waals surface area contributed by atoms with Gasteiger partial charge in [0.25, 0.3) is 0 Å². The van der Waals surface area contributed by atoms with Crippen molar-refractivity contribution in [3.63, 3.8) is 0 Å². The molecule has 0 saturated carbocycles. The highest BCUT2D eigenvalue weighted by atomic mass is 35.5. The zero-order chi connectivity index (χ0) is 10.0. The van der Waals surface area contributed by atoms with Crippen LogP contribution in [0.5, 0.6) is 5.75 Å². The molecule has 0 spiro atoms. The molecule has 0 atom stereocenters. The lowest BCUT2D eigenvalue weighted by molar-refractivity contribution is 0.0695. The van der Waals surface area contributed by atoms with E-state index in [0.717, 1.165) is 0 Å². The van der Waals surface area contributed by atoms with Crippen molar-refractivity contribution in [1.29, 1.82) is 0 Å². The van der Waals surface area contributed by atoms with Crippen LogP contribution in [0.15, 0.2) is 12.1 Å². The maximum absolute atomic E-state index is 10.7. The molecule has 0 saturated heterocycles. The normalized spacial score (nSPS) is 9.77. The van der Waals surface area contributed by atoms with E-state index in [4.69, 9.17) is 21.4 Å². The Morgan fingerprint density at radius 1 is 1.54 bits per heavy atom. The van der Waals surface area contributed by atoms with Crippen molar-refractivity contribution in [2.75, 3.05) is 7.11 Å². The molecule has 0 bridgehead atoms. The van der Waals surface area contributed by atoms with Gasteiger partial charge in [0, 0.05) is 5.02 Å². The molecule has 1 aromatic rings. The molecule has 0 amide bonds. The number of carboxylic acid groups (broad SMARTS) is 1. The SMILES string of the molecule is COc1cc(Cl)c(C)c(C(=O)O)c1. The Hall–Kier alpha value is -1.22. The largest absolute Gasteiger partial charge is 0.497 e. The van der Waals surface area contributed by atoms with Crippen molar-refractivity contribution < 1.29 is 14.6 Å². The van der Waals surface area contributed by atoms with Gasteiger partial charge in [-0.25, -0.2) is 4.79 Å². The van der Waals surface area contributed by atoms with E-state index in [1.807, 2.05) is 0 Å². The van der Waals surface area contributed by atoms with Gasteiger partial charge in [0.15, 0.2) is 0 Å². The fraction of sp³-hybridized carbons (Fsp3) is 0.222. The molecule has 0 aromatic heterocycles. The molecular formula is C9H9ClO3. The summed E-state index contributed by atoms with van der Waals surface area (Å²) in [6, 6.07) is 3.03. The van der Waals surface area contributed by atoms with Gasteiger partial charge in [0.2, 0.25) is 0 Å². The highest BCUT2D eigenvalue weighted by Gasteiger charge is 2.11. The van der Waals surface area contributed by atoms with E-state index >= 15 is 0 Å². The Bertz CT molecular complexity index is 347. The molecular weight excluding hydrogens is 192 g/mol. The molecule has 3 nitrogen and oxygen atoms in total. The highest BCUT2D eigenvalue weighted by molar-refractivity contribution is 6.32. The number of carboxylic acids is 1. The minimum Gasteiger partial charge on any atom is -0.497 e. The van der Waals surface area contributed by atoms with Crippen LogP contribution >= 0.6 is 11.6 Å². The molecule has 13 heavy (non-hydrogen) atoms. The van der Waals surface area contributed by atoms with Crippen LogP contribution in [-0.4, -0.2) is 18.2 Å². The van der Waals surface area contributed by atoms with Crippen molar-refractivity contribution in [1.82, 2.24) is 0 Å². The number of halogens is 1. The molecule has 4 heteroatoms. The molecule has 0 aliphatic rings. The molecule has 1 N–H and O–H groups in total. The molecule has 0 heterocycles. The monoisotopic (exact) mass is 200 g/mol. The van der Waals surface area contributed by atoms with Gasteiger partial charge in [-0.1, -0.05) is 11.6 Å². The van der Waals surface area contributed by atoms with E-state index in [1.54, 1.807) is 13.0 Å². The zero-order valence-electron chi connectivity index (χ0n) is 7.30. The standard InChI is InChI=1S/C9H9ClO3/c1-5-7(9(11)12)3-6(13-2)4-8(5)10/h3-4H,1-2H3,(H,11,12). The lowest BCUT2D eigenvalue weighted by atomic mass is 10.1. The predicted molar refractivity (Wildman–Crippen MR) is 49.7 cm³/mol. The number of benzene rings is 1. The second-order valence-electron chi connectivity index (χ2n) is 2.59. The van der Waals surface area contributed by atoms with Gasteiger partial charge < -0.3 is 9.84 Å². The second-order valence-corrected chi connectivity index (χ2v) is 2.99. The minimum absolute atomic E-state index is 0.171. The van der Waals surface area contributed by atoms with Gasteiger partial charge >= 0.3 is 5.97 Å². The zero-order valence-corrected chi connectivity index (χ0v) is 8.05. The average molecular weight is 201 g/mol. The van der Waals surface area contributed by atoms with Crippen molar-refractivity contribution in [3.05, 3.63) is 28.3 Å². The summed E-state index contributed by atoms with van der Waals surface area (Å²) in [6.45, 7) is 1.66. The maximum atomic E-state index is 10.7. The smallest absolute Gasteiger partial charge is 0.336 e. The van der Waals surface area contributed by atoms with Gasteiger partial charge in [-0.05, 0) is 24.6 Å². The molecule has 1 aromatic carbocycles. The van der Waals surface area contributed by atoms with E-state index in [9.17, 15) is 4.79 Å². The number of methoxy groups -OCH3 is 1. The van der Waals surface area contributed by atoms with E-state index in [0.29, 0.717) is 16.3 Å². The Kier molecular flexibility index (Phi) is 2.78. The fourth-order valence-electron chi connectivity index (χ4n) is 0.994. The van der Waals surface area contributed by atoms with E-state index in [2.05, 4.69) is 0 Å². The minimum atomic E-state index is -1.00. The number of hydrogen-bond acceptors (Lipinski definition) is 2. The lowest BCUT2D eigenvalue weighted by Gasteiger charge is -2.06.